The van der Waals surface area contributed by atoms with E-state index in [-0.39, 0.29) is 22.9 Å². The molecule has 1 N–H and O–H groups in total. The van der Waals surface area contributed by atoms with E-state index in [1.165, 1.54) is 27.4 Å². The predicted octanol–water partition coefficient (Wildman–Crippen LogP) is 3.94. The van der Waals surface area contributed by atoms with E-state index >= 15 is 0 Å². The summed E-state index contributed by atoms with van der Waals surface area (Å²) in [5.41, 5.74) is 3.71. The standard InChI is InChI=1S/C18H14ClN3O4S2/c19-17-7-6-15-14(21-17)8-11(2-1-3-18(23)24)22(15)28(25,26)12-4-5-13-16(9-12)27-10-20-13/h4-10H,1-3H2,(H,23,24). The predicted molar refractivity (Wildman–Crippen MR) is 108 cm³/mol. The van der Waals surface area contributed by atoms with Crippen molar-refractivity contribution in [2.75, 3.05) is 0 Å². The molecule has 0 saturated heterocycles. The van der Waals surface area contributed by atoms with Crippen LogP contribution in [-0.4, -0.2) is 33.4 Å². The van der Waals surface area contributed by atoms with E-state index in [2.05, 4.69) is 9.97 Å². The minimum atomic E-state index is -3.92. The highest BCUT2D eigenvalue weighted by atomic mass is 35.5. The molecule has 4 aromatic rings. The average Bonchev–Trinajstić information content (AvgIpc) is 3.24. The Kier molecular flexibility index (Phi) is 4.82. The van der Waals surface area contributed by atoms with Gasteiger partial charge in [0, 0.05) is 12.1 Å². The van der Waals surface area contributed by atoms with E-state index in [4.69, 9.17) is 16.7 Å². The molecule has 7 nitrogen and oxygen atoms in total. The molecule has 0 saturated carbocycles. The van der Waals surface area contributed by atoms with Crippen LogP contribution in [-0.2, 0) is 21.2 Å². The fourth-order valence-electron chi connectivity index (χ4n) is 3.07. The number of carboxylic acid groups (broad SMARTS) is 1. The molecule has 3 heterocycles. The maximum atomic E-state index is 13.4. The number of halogens is 1. The Bertz CT molecular complexity index is 1310. The molecule has 0 spiro atoms. The summed E-state index contributed by atoms with van der Waals surface area (Å²) in [6, 6.07) is 9.57. The lowest BCUT2D eigenvalue weighted by atomic mass is 10.2. The van der Waals surface area contributed by atoms with Gasteiger partial charge in [0.05, 0.1) is 31.7 Å². The van der Waals surface area contributed by atoms with Crippen LogP contribution in [0.5, 0.6) is 0 Å². The van der Waals surface area contributed by atoms with Crippen LogP contribution in [0.25, 0.3) is 21.3 Å². The third-order valence-corrected chi connectivity index (χ3v) is 7.08. The zero-order valence-electron chi connectivity index (χ0n) is 14.4. The molecule has 0 aliphatic rings. The van der Waals surface area contributed by atoms with Crippen LogP contribution in [0, 0.1) is 0 Å². The molecule has 1 aromatic carbocycles. The van der Waals surface area contributed by atoms with Crippen molar-refractivity contribution in [3.05, 3.63) is 52.8 Å². The molecule has 0 amide bonds. The monoisotopic (exact) mass is 435 g/mol. The van der Waals surface area contributed by atoms with Gasteiger partial charge in [-0.2, -0.15) is 0 Å². The molecule has 0 radical (unpaired) electrons. The van der Waals surface area contributed by atoms with Gasteiger partial charge in [-0.05, 0) is 49.2 Å². The molecule has 3 aromatic heterocycles. The number of aromatic nitrogens is 3. The number of thiazole rings is 1. The minimum Gasteiger partial charge on any atom is -0.481 e. The Hall–Kier alpha value is -2.49. The molecule has 0 bridgehead atoms. The molecule has 10 heteroatoms. The second kappa shape index (κ2) is 7.16. The van der Waals surface area contributed by atoms with Crippen molar-refractivity contribution in [3.63, 3.8) is 0 Å². The van der Waals surface area contributed by atoms with Gasteiger partial charge >= 0.3 is 5.97 Å². The number of benzene rings is 1. The number of rotatable bonds is 6. The first kappa shape index (κ1) is 18.9. The van der Waals surface area contributed by atoms with E-state index in [1.807, 2.05) is 0 Å². The van der Waals surface area contributed by atoms with Crippen molar-refractivity contribution in [1.29, 1.82) is 0 Å². The van der Waals surface area contributed by atoms with Gasteiger partial charge < -0.3 is 5.11 Å². The zero-order chi connectivity index (χ0) is 19.9. The van der Waals surface area contributed by atoms with Crippen LogP contribution in [0.15, 0.2) is 46.8 Å². The number of fused-ring (bicyclic) bond motifs is 2. The summed E-state index contributed by atoms with van der Waals surface area (Å²) in [6.45, 7) is 0. The van der Waals surface area contributed by atoms with Crippen LogP contribution < -0.4 is 0 Å². The fourth-order valence-corrected chi connectivity index (χ4v) is 5.60. The van der Waals surface area contributed by atoms with Crippen molar-refractivity contribution in [3.8, 4) is 0 Å². The Labute approximate surface area is 169 Å². The molecular weight excluding hydrogens is 422 g/mol. The van der Waals surface area contributed by atoms with Gasteiger partial charge in [-0.3, -0.25) is 4.79 Å². The smallest absolute Gasteiger partial charge is 0.303 e. The summed E-state index contributed by atoms with van der Waals surface area (Å²) < 4.78 is 28.9. The molecule has 0 fully saturated rings. The number of aliphatic carboxylic acids is 1. The summed E-state index contributed by atoms with van der Waals surface area (Å²) in [5, 5.41) is 9.15. The number of nitrogens with zero attached hydrogens (tertiary/aromatic N) is 3. The van der Waals surface area contributed by atoms with Crippen molar-refractivity contribution in [2.45, 2.75) is 24.2 Å². The maximum Gasteiger partial charge on any atom is 0.303 e. The largest absolute Gasteiger partial charge is 0.481 e. The van der Waals surface area contributed by atoms with Crippen LogP contribution in [0.2, 0.25) is 5.15 Å². The molecule has 28 heavy (non-hydrogen) atoms. The molecular formula is C18H14ClN3O4S2. The summed E-state index contributed by atoms with van der Waals surface area (Å²) in [5.74, 6) is -0.928. The lowest BCUT2D eigenvalue weighted by Gasteiger charge is -2.12. The molecule has 4 rings (SSSR count). The highest BCUT2D eigenvalue weighted by Gasteiger charge is 2.24. The Morgan fingerprint density at radius 1 is 1.18 bits per heavy atom. The molecule has 0 aliphatic carbocycles. The van der Waals surface area contributed by atoms with E-state index in [1.54, 1.807) is 29.8 Å². The summed E-state index contributed by atoms with van der Waals surface area (Å²) in [6.07, 6.45) is 0.535. The third kappa shape index (κ3) is 3.36. The molecule has 0 unspecified atom stereocenters. The Morgan fingerprint density at radius 3 is 2.79 bits per heavy atom. The van der Waals surface area contributed by atoms with E-state index in [9.17, 15) is 13.2 Å². The van der Waals surface area contributed by atoms with Gasteiger partial charge in [-0.15, -0.1) is 11.3 Å². The fraction of sp³-hybridized carbons (Fsp3) is 0.167. The van der Waals surface area contributed by atoms with E-state index < -0.39 is 16.0 Å². The van der Waals surface area contributed by atoms with Crippen molar-refractivity contribution in [2.24, 2.45) is 0 Å². The second-order valence-electron chi connectivity index (χ2n) is 6.17. The number of carbonyl (C=O) groups is 1. The first-order chi connectivity index (χ1) is 13.4. The van der Waals surface area contributed by atoms with Crippen LogP contribution in [0.4, 0.5) is 0 Å². The van der Waals surface area contributed by atoms with Gasteiger partial charge in [0.25, 0.3) is 10.0 Å². The van der Waals surface area contributed by atoms with Crippen LogP contribution in [0.1, 0.15) is 18.5 Å². The minimum absolute atomic E-state index is 0.0530. The highest BCUT2D eigenvalue weighted by Crippen LogP contribution is 2.29. The lowest BCUT2D eigenvalue weighted by molar-refractivity contribution is -0.137. The number of pyridine rings is 1. The van der Waals surface area contributed by atoms with Gasteiger partial charge in [0.15, 0.2) is 0 Å². The van der Waals surface area contributed by atoms with Gasteiger partial charge in [-0.1, -0.05) is 11.6 Å². The van der Waals surface area contributed by atoms with Crippen molar-refractivity contribution >= 4 is 60.2 Å². The topological polar surface area (TPSA) is 102 Å². The van der Waals surface area contributed by atoms with Crippen LogP contribution in [0.3, 0.4) is 0 Å². The van der Waals surface area contributed by atoms with Crippen molar-refractivity contribution < 1.29 is 18.3 Å². The zero-order valence-corrected chi connectivity index (χ0v) is 16.8. The van der Waals surface area contributed by atoms with E-state index in [0.29, 0.717) is 23.1 Å². The van der Waals surface area contributed by atoms with E-state index in [0.717, 1.165) is 10.2 Å². The van der Waals surface area contributed by atoms with Gasteiger partial charge in [0.2, 0.25) is 0 Å². The maximum absolute atomic E-state index is 13.4. The van der Waals surface area contributed by atoms with Crippen LogP contribution >= 0.6 is 22.9 Å². The summed E-state index contributed by atoms with van der Waals surface area (Å²) >= 11 is 7.32. The number of aryl methyl sites for hydroxylation is 1. The Morgan fingerprint density at radius 2 is 2.00 bits per heavy atom. The summed E-state index contributed by atoms with van der Waals surface area (Å²) in [4.78, 5) is 19.4. The Balaban J connectivity index is 1.87. The number of carboxylic acids is 1. The normalized spacial score (nSPS) is 12.0. The third-order valence-electron chi connectivity index (χ3n) is 4.32. The SMILES string of the molecule is O=C(O)CCCc1cc2nc(Cl)ccc2n1S(=O)(=O)c1ccc2ncsc2c1. The number of hydrogen-bond donors (Lipinski definition) is 1. The molecule has 0 atom stereocenters. The van der Waals surface area contributed by atoms with Gasteiger partial charge in [-0.25, -0.2) is 22.4 Å². The first-order valence-electron chi connectivity index (χ1n) is 8.34. The first-order valence-corrected chi connectivity index (χ1v) is 11.0. The average molecular weight is 436 g/mol. The van der Waals surface area contributed by atoms with Crippen molar-refractivity contribution in [1.82, 2.24) is 13.9 Å². The molecule has 144 valence electrons. The molecule has 0 aliphatic heterocycles. The highest BCUT2D eigenvalue weighted by molar-refractivity contribution is 7.90. The lowest BCUT2D eigenvalue weighted by Crippen LogP contribution is -2.16. The van der Waals surface area contributed by atoms with Gasteiger partial charge in [0.1, 0.15) is 5.15 Å². The quantitative estimate of drug-likeness (QED) is 0.460. The second-order valence-corrected chi connectivity index (χ2v) is 9.23. The number of hydrogen-bond acceptors (Lipinski definition) is 6. The summed E-state index contributed by atoms with van der Waals surface area (Å²) in [7, 11) is -3.92.